The summed E-state index contributed by atoms with van der Waals surface area (Å²) in [5.41, 5.74) is 7.86. The van der Waals surface area contributed by atoms with Crippen LogP contribution in [0.4, 0.5) is 0 Å². The SMILES string of the molecule is Cc1ccc(-c2c(C)c3c(c(C)c2[C@H](OC(C)(C)C)C(=O)O)CN(Cc2ccccc2)C(=O)C3)cc1. The van der Waals surface area contributed by atoms with Gasteiger partial charge in [0.1, 0.15) is 0 Å². The van der Waals surface area contributed by atoms with E-state index in [0.717, 1.165) is 44.5 Å². The van der Waals surface area contributed by atoms with Crippen molar-refractivity contribution in [3.05, 3.63) is 93.5 Å². The molecule has 0 aromatic heterocycles. The summed E-state index contributed by atoms with van der Waals surface area (Å²) in [4.78, 5) is 27.7. The van der Waals surface area contributed by atoms with Gasteiger partial charge in [-0.25, -0.2) is 4.79 Å². The van der Waals surface area contributed by atoms with Gasteiger partial charge in [-0.1, -0.05) is 60.2 Å². The third-order valence-corrected chi connectivity index (χ3v) is 6.86. The fourth-order valence-corrected chi connectivity index (χ4v) is 5.11. The summed E-state index contributed by atoms with van der Waals surface area (Å²) in [5, 5.41) is 10.3. The van der Waals surface area contributed by atoms with Gasteiger partial charge in [0, 0.05) is 18.7 Å². The van der Waals surface area contributed by atoms with Crippen LogP contribution in [0, 0.1) is 20.8 Å². The van der Waals surface area contributed by atoms with E-state index in [1.54, 1.807) is 0 Å². The van der Waals surface area contributed by atoms with Crippen LogP contribution in [-0.4, -0.2) is 27.5 Å². The second-order valence-corrected chi connectivity index (χ2v) is 10.7. The molecule has 0 spiro atoms. The van der Waals surface area contributed by atoms with Crippen molar-refractivity contribution in [1.29, 1.82) is 0 Å². The van der Waals surface area contributed by atoms with Crippen molar-refractivity contribution < 1.29 is 19.4 Å². The van der Waals surface area contributed by atoms with Crippen LogP contribution in [0.1, 0.15) is 65.8 Å². The van der Waals surface area contributed by atoms with Gasteiger partial charge in [0.15, 0.2) is 6.10 Å². The summed E-state index contributed by atoms with van der Waals surface area (Å²) in [6.45, 7) is 12.6. The van der Waals surface area contributed by atoms with Crippen molar-refractivity contribution in [2.75, 3.05) is 0 Å². The van der Waals surface area contributed by atoms with Gasteiger partial charge in [-0.3, -0.25) is 4.79 Å². The number of fused-ring (bicyclic) bond motifs is 1. The average Bonchev–Trinajstić information content (AvgIpc) is 2.81. The summed E-state index contributed by atoms with van der Waals surface area (Å²) >= 11 is 0. The Hall–Kier alpha value is -3.44. The van der Waals surface area contributed by atoms with Gasteiger partial charge in [0.2, 0.25) is 5.91 Å². The molecule has 5 heteroatoms. The topological polar surface area (TPSA) is 66.8 Å². The predicted octanol–water partition coefficient (Wildman–Crippen LogP) is 6.30. The van der Waals surface area contributed by atoms with Crippen LogP contribution in [-0.2, 0) is 33.8 Å². The number of hydrogen-bond acceptors (Lipinski definition) is 3. The lowest BCUT2D eigenvalue weighted by Crippen LogP contribution is -2.37. The van der Waals surface area contributed by atoms with Crippen LogP contribution in [0.3, 0.4) is 0 Å². The lowest BCUT2D eigenvalue weighted by molar-refractivity contribution is -0.160. The first-order valence-electron chi connectivity index (χ1n) is 12.4. The number of carbonyl (C=O) groups is 2. The number of rotatable bonds is 6. The predicted molar refractivity (Wildman–Crippen MR) is 142 cm³/mol. The number of ether oxygens (including phenoxy) is 1. The molecule has 0 radical (unpaired) electrons. The monoisotopic (exact) mass is 485 g/mol. The van der Waals surface area contributed by atoms with E-state index in [0.29, 0.717) is 25.1 Å². The maximum Gasteiger partial charge on any atom is 0.337 e. The largest absolute Gasteiger partial charge is 0.479 e. The molecule has 1 amide bonds. The number of carboxylic acid groups (broad SMARTS) is 1. The molecule has 1 heterocycles. The first-order chi connectivity index (χ1) is 17.0. The Bertz CT molecular complexity index is 1290. The summed E-state index contributed by atoms with van der Waals surface area (Å²) in [6.07, 6.45) is -0.836. The molecule has 1 N–H and O–H groups in total. The van der Waals surface area contributed by atoms with Gasteiger partial charge in [0.25, 0.3) is 0 Å². The van der Waals surface area contributed by atoms with Gasteiger partial charge in [0.05, 0.1) is 12.0 Å². The maximum atomic E-state index is 13.2. The number of nitrogens with zero attached hydrogens (tertiary/aromatic N) is 1. The molecule has 3 aromatic carbocycles. The molecule has 0 saturated heterocycles. The van der Waals surface area contributed by atoms with Gasteiger partial charge in [-0.2, -0.15) is 0 Å². The zero-order valence-corrected chi connectivity index (χ0v) is 22.0. The standard InChI is InChI=1S/C31H35NO4/c1-19-12-14-23(15-13-19)27-20(2)24-16-26(33)32(17-22-10-8-7-9-11-22)18-25(24)21(3)28(27)29(30(34)35)36-31(4,5)6/h7-15,29H,16-18H2,1-6H3,(H,34,35)/t29-/m0/s1. The molecule has 36 heavy (non-hydrogen) atoms. The number of carboxylic acids is 1. The molecule has 188 valence electrons. The molecule has 1 aliphatic rings. The maximum absolute atomic E-state index is 13.2. The number of hydrogen-bond donors (Lipinski definition) is 1. The van der Waals surface area contributed by atoms with Crippen molar-refractivity contribution in [2.45, 2.75) is 72.8 Å². The average molecular weight is 486 g/mol. The van der Waals surface area contributed by atoms with E-state index in [1.165, 1.54) is 0 Å². The van der Waals surface area contributed by atoms with Gasteiger partial charge < -0.3 is 14.7 Å². The Kier molecular flexibility index (Phi) is 7.05. The molecule has 0 bridgehead atoms. The fourth-order valence-electron chi connectivity index (χ4n) is 5.11. The van der Waals surface area contributed by atoms with Gasteiger partial charge in [-0.15, -0.1) is 0 Å². The van der Waals surface area contributed by atoms with Crippen molar-refractivity contribution in [3.63, 3.8) is 0 Å². The van der Waals surface area contributed by atoms with Crippen molar-refractivity contribution in [1.82, 2.24) is 4.90 Å². The zero-order valence-electron chi connectivity index (χ0n) is 22.0. The summed E-state index contributed by atoms with van der Waals surface area (Å²) in [5.74, 6) is -0.939. The zero-order chi connectivity index (χ0) is 26.2. The molecular formula is C31H35NO4. The van der Waals surface area contributed by atoms with Gasteiger partial charge >= 0.3 is 5.97 Å². The van der Waals surface area contributed by atoms with Crippen LogP contribution in [0.5, 0.6) is 0 Å². The van der Waals surface area contributed by atoms with E-state index < -0.39 is 17.7 Å². The number of aryl methyl sites for hydroxylation is 1. The third-order valence-electron chi connectivity index (χ3n) is 6.86. The molecule has 3 aromatic rings. The van der Waals surface area contributed by atoms with Crippen LogP contribution in [0.2, 0.25) is 0 Å². The van der Waals surface area contributed by atoms with Crippen LogP contribution < -0.4 is 0 Å². The van der Waals surface area contributed by atoms with E-state index in [9.17, 15) is 14.7 Å². The lowest BCUT2D eigenvalue weighted by Gasteiger charge is -2.35. The summed E-state index contributed by atoms with van der Waals surface area (Å²) < 4.78 is 6.16. The highest BCUT2D eigenvalue weighted by molar-refractivity contribution is 5.87. The third kappa shape index (κ3) is 5.21. The molecule has 0 fully saturated rings. The molecule has 0 aliphatic carbocycles. The normalized spacial score (nSPS) is 14.5. The molecule has 0 unspecified atom stereocenters. The quantitative estimate of drug-likeness (QED) is 0.445. The van der Waals surface area contributed by atoms with Crippen LogP contribution in [0.25, 0.3) is 11.1 Å². The minimum atomic E-state index is -1.13. The Morgan fingerprint density at radius 2 is 1.61 bits per heavy atom. The number of aliphatic carboxylic acids is 1. The van der Waals surface area contributed by atoms with Gasteiger partial charge in [-0.05, 0) is 80.5 Å². The van der Waals surface area contributed by atoms with Crippen molar-refractivity contribution in [2.24, 2.45) is 0 Å². The van der Waals surface area contributed by atoms with E-state index in [2.05, 4.69) is 0 Å². The number of benzene rings is 3. The molecule has 1 aliphatic heterocycles. The summed E-state index contributed by atoms with van der Waals surface area (Å²) in [7, 11) is 0. The van der Waals surface area contributed by atoms with Crippen molar-refractivity contribution >= 4 is 11.9 Å². The Morgan fingerprint density at radius 3 is 2.19 bits per heavy atom. The highest BCUT2D eigenvalue weighted by atomic mass is 16.5. The fraction of sp³-hybridized carbons (Fsp3) is 0.355. The Morgan fingerprint density at radius 1 is 0.972 bits per heavy atom. The Labute approximate surface area is 213 Å². The molecular weight excluding hydrogens is 450 g/mol. The molecule has 5 nitrogen and oxygen atoms in total. The molecule has 1 atom stereocenters. The number of carbonyl (C=O) groups excluding carboxylic acids is 1. The highest BCUT2D eigenvalue weighted by Gasteiger charge is 2.36. The smallest absolute Gasteiger partial charge is 0.337 e. The lowest BCUT2D eigenvalue weighted by atomic mass is 9.80. The molecule has 0 saturated carbocycles. The van der Waals surface area contributed by atoms with E-state index in [1.807, 2.05) is 101 Å². The van der Waals surface area contributed by atoms with Crippen LogP contribution >= 0.6 is 0 Å². The van der Waals surface area contributed by atoms with E-state index in [-0.39, 0.29) is 5.91 Å². The van der Waals surface area contributed by atoms with E-state index >= 15 is 0 Å². The second kappa shape index (κ2) is 9.90. The molecule has 4 rings (SSSR count). The Balaban J connectivity index is 1.91. The van der Waals surface area contributed by atoms with Crippen LogP contribution in [0.15, 0.2) is 54.6 Å². The highest BCUT2D eigenvalue weighted by Crippen LogP contribution is 2.43. The minimum Gasteiger partial charge on any atom is -0.479 e. The first kappa shape index (κ1) is 25.6. The first-order valence-corrected chi connectivity index (χ1v) is 12.4. The van der Waals surface area contributed by atoms with E-state index in [4.69, 9.17) is 4.74 Å². The second-order valence-electron chi connectivity index (χ2n) is 10.7. The number of amides is 1. The minimum absolute atomic E-state index is 0.0807. The summed E-state index contributed by atoms with van der Waals surface area (Å²) in [6, 6.07) is 18.0. The van der Waals surface area contributed by atoms with Crippen molar-refractivity contribution in [3.8, 4) is 11.1 Å².